The molecule has 0 saturated heterocycles. The Labute approximate surface area is 157 Å². The molecule has 140 valence electrons. The van der Waals surface area contributed by atoms with Gasteiger partial charge in [0.15, 0.2) is 23.0 Å². The van der Waals surface area contributed by atoms with Crippen LogP contribution < -0.4 is 24.4 Å². The van der Waals surface area contributed by atoms with Gasteiger partial charge in [-0.1, -0.05) is 18.2 Å². The second kappa shape index (κ2) is 8.75. The Morgan fingerprint density at radius 1 is 1.11 bits per heavy atom. The lowest BCUT2D eigenvalue weighted by Gasteiger charge is -2.08. The zero-order valence-electron chi connectivity index (χ0n) is 15.1. The summed E-state index contributed by atoms with van der Waals surface area (Å²) in [4.78, 5) is 12.0. The predicted octanol–water partition coefficient (Wildman–Crippen LogP) is 2.79. The van der Waals surface area contributed by atoms with E-state index in [1.165, 1.54) is 6.21 Å². The predicted molar refractivity (Wildman–Crippen MR) is 101 cm³/mol. The summed E-state index contributed by atoms with van der Waals surface area (Å²) in [5.74, 6) is 2.43. The lowest BCUT2D eigenvalue weighted by atomic mass is 10.1. The number of fused-ring (bicyclic) bond motifs is 1. The lowest BCUT2D eigenvalue weighted by Crippen LogP contribution is -2.19. The summed E-state index contributed by atoms with van der Waals surface area (Å²) >= 11 is 0. The second-order valence-corrected chi connectivity index (χ2v) is 5.65. The maximum Gasteiger partial charge on any atom is 0.244 e. The molecule has 7 nitrogen and oxygen atoms in total. The average molecular weight is 368 g/mol. The lowest BCUT2D eigenvalue weighted by molar-refractivity contribution is -0.120. The molecule has 0 spiro atoms. The zero-order valence-corrected chi connectivity index (χ0v) is 15.1. The minimum atomic E-state index is -0.227. The fraction of sp³-hybridized carbons (Fsp3) is 0.200. The molecule has 2 aromatic carbocycles. The number of amides is 1. The van der Waals surface area contributed by atoms with Crippen LogP contribution in [0.15, 0.2) is 47.6 Å². The molecule has 0 atom stereocenters. The van der Waals surface area contributed by atoms with Crippen LogP contribution in [-0.2, 0) is 11.2 Å². The van der Waals surface area contributed by atoms with Gasteiger partial charge in [-0.05, 0) is 41.5 Å². The summed E-state index contributed by atoms with van der Waals surface area (Å²) in [7, 11) is 3.12. The third kappa shape index (κ3) is 4.78. The molecule has 0 saturated carbocycles. The monoisotopic (exact) mass is 368 g/mol. The van der Waals surface area contributed by atoms with E-state index in [0.717, 1.165) is 22.6 Å². The molecule has 3 rings (SSSR count). The summed E-state index contributed by atoms with van der Waals surface area (Å²) in [5.41, 5.74) is 4.24. The van der Waals surface area contributed by atoms with Crippen molar-refractivity contribution < 1.29 is 23.7 Å². The Hall–Kier alpha value is -3.48. The van der Waals surface area contributed by atoms with Crippen molar-refractivity contribution in [1.29, 1.82) is 0 Å². The van der Waals surface area contributed by atoms with Gasteiger partial charge in [-0.2, -0.15) is 5.10 Å². The van der Waals surface area contributed by atoms with Crippen LogP contribution in [0.2, 0.25) is 0 Å². The van der Waals surface area contributed by atoms with Crippen LogP contribution in [0, 0.1) is 0 Å². The van der Waals surface area contributed by atoms with Gasteiger partial charge in [-0.3, -0.25) is 4.79 Å². The Bertz CT molecular complexity index is 877. The van der Waals surface area contributed by atoms with E-state index in [-0.39, 0.29) is 19.1 Å². The van der Waals surface area contributed by atoms with E-state index in [9.17, 15) is 4.79 Å². The Morgan fingerprint density at radius 3 is 2.74 bits per heavy atom. The molecule has 7 heteroatoms. The number of carbonyl (C=O) groups excluding carboxylic acids is 1. The molecule has 0 radical (unpaired) electrons. The highest BCUT2D eigenvalue weighted by Gasteiger charge is 2.12. The van der Waals surface area contributed by atoms with E-state index in [1.54, 1.807) is 32.4 Å². The van der Waals surface area contributed by atoms with Crippen LogP contribution in [0.3, 0.4) is 0 Å². The number of rotatable bonds is 7. The zero-order chi connectivity index (χ0) is 19.1. The highest BCUT2D eigenvalue weighted by atomic mass is 16.7. The van der Waals surface area contributed by atoms with Gasteiger partial charge >= 0.3 is 0 Å². The van der Waals surface area contributed by atoms with Gasteiger partial charge in [0, 0.05) is 6.21 Å². The molecule has 1 N–H and O–H groups in total. The van der Waals surface area contributed by atoms with Gasteiger partial charge in [-0.15, -0.1) is 0 Å². The van der Waals surface area contributed by atoms with Crippen molar-refractivity contribution in [3.8, 4) is 23.0 Å². The summed E-state index contributed by atoms with van der Waals surface area (Å²) < 4.78 is 21.0. The quantitative estimate of drug-likeness (QED) is 0.601. The summed E-state index contributed by atoms with van der Waals surface area (Å²) in [6.07, 6.45) is 5.28. The molecule has 1 heterocycles. The number of benzene rings is 2. The minimum Gasteiger partial charge on any atom is -0.493 e. The number of methoxy groups -OCH3 is 2. The van der Waals surface area contributed by atoms with Crippen molar-refractivity contribution in [3.63, 3.8) is 0 Å². The van der Waals surface area contributed by atoms with Gasteiger partial charge in [0.25, 0.3) is 0 Å². The Kier molecular flexibility index (Phi) is 5.94. The molecule has 0 aromatic heterocycles. The van der Waals surface area contributed by atoms with Gasteiger partial charge < -0.3 is 18.9 Å². The molecule has 2 aromatic rings. The number of carbonyl (C=O) groups is 1. The summed E-state index contributed by atoms with van der Waals surface area (Å²) in [6.45, 7) is 0.246. The maximum atomic E-state index is 12.0. The Balaban J connectivity index is 1.50. The topological polar surface area (TPSA) is 78.4 Å². The third-order valence-electron chi connectivity index (χ3n) is 3.85. The molecule has 27 heavy (non-hydrogen) atoms. The van der Waals surface area contributed by atoms with E-state index in [4.69, 9.17) is 18.9 Å². The van der Waals surface area contributed by atoms with Gasteiger partial charge in [0.05, 0.1) is 20.6 Å². The number of nitrogens with one attached hydrogen (secondary N) is 1. The number of allylic oxidation sites excluding steroid dienone is 1. The largest absolute Gasteiger partial charge is 0.493 e. The fourth-order valence-electron chi connectivity index (χ4n) is 2.54. The van der Waals surface area contributed by atoms with E-state index in [2.05, 4.69) is 10.5 Å². The standard InChI is InChI=1S/C20H20N2O5/c1-24-16-7-6-15(11-18(16)25-2)12-20(23)22-21-9-3-4-14-5-8-17-19(10-14)27-13-26-17/h3-11H,12-13H2,1-2H3,(H,22,23)/b4-3+,21-9-. The number of hydrogen-bond donors (Lipinski definition) is 1. The second-order valence-electron chi connectivity index (χ2n) is 5.65. The molecule has 0 unspecified atom stereocenters. The number of nitrogens with zero attached hydrogens (tertiary/aromatic N) is 1. The first-order chi connectivity index (χ1) is 13.2. The van der Waals surface area contributed by atoms with Crippen LogP contribution in [0.5, 0.6) is 23.0 Å². The molecular weight excluding hydrogens is 348 g/mol. The first kappa shape index (κ1) is 18.3. The fourth-order valence-corrected chi connectivity index (χ4v) is 2.54. The van der Waals surface area contributed by atoms with Crippen molar-refractivity contribution in [2.24, 2.45) is 5.10 Å². The Morgan fingerprint density at radius 2 is 1.93 bits per heavy atom. The van der Waals surface area contributed by atoms with Crippen molar-refractivity contribution in [2.75, 3.05) is 21.0 Å². The highest BCUT2D eigenvalue weighted by Crippen LogP contribution is 2.32. The van der Waals surface area contributed by atoms with E-state index < -0.39 is 0 Å². The normalized spacial score (nSPS) is 12.5. The maximum absolute atomic E-state index is 12.0. The summed E-state index contributed by atoms with van der Waals surface area (Å²) in [6, 6.07) is 11.0. The average Bonchev–Trinajstić information content (AvgIpc) is 3.15. The van der Waals surface area contributed by atoms with Crippen molar-refractivity contribution in [2.45, 2.75) is 6.42 Å². The molecule has 1 aliphatic rings. The number of hydrogen-bond acceptors (Lipinski definition) is 6. The van der Waals surface area contributed by atoms with Crippen LogP contribution >= 0.6 is 0 Å². The highest BCUT2D eigenvalue weighted by molar-refractivity contribution is 5.82. The van der Waals surface area contributed by atoms with E-state index in [1.807, 2.05) is 30.3 Å². The number of hydrazone groups is 1. The van der Waals surface area contributed by atoms with E-state index >= 15 is 0 Å². The molecule has 1 aliphatic heterocycles. The SMILES string of the molecule is COc1ccc(CC(=O)N/N=C\C=C\c2ccc3c(c2)OCO3)cc1OC. The van der Waals surface area contributed by atoms with Gasteiger partial charge in [0.2, 0.25) is 12.7 Å². The minimum absolute atomic E-state index is 0.184. The van der Waals surface area contributed by atoms with Crippen LogP contribution in [0.4, 0.5) is 0 Å². The van der Waals surface area contributed by atoms with Gasteiger partial charge in [-0.25, -0.2) is 5.43 Å². The van der Waals surface area contributed by atoms with Crippen molar-refractivity contribution in [1.82, 2.24) is 5.43 Å². The summed E-state index contributed by atoms with van der Waals surface area (Å²) in [5, 5.41) is 3.91. The molecule has 0 aliphatic carbocycles. The first-order valence-corrected chi connectivity index (χ1v) is 8.28. The molecule has 0 bridgehead atoms. The van der Waals surface area contributed by atoms with Crippen LogP contribution in [-0.4, -0.2) is 33.1 Å². The third-order valence-corrected chi connectivity index (χ3v) is 3.85. The van der Waals surface area contributed by atoms with E-state index in [0.29, 0.717) is 11.5 Å². The molecule has 1 amide bonds. The van der Waals surface area contributed by atoms with Gasteiger partial charge in [0.1, 0.15) is 0 Å². The smallest absolute Gasteiger partial charge is 0.244 e. The first-order valence-electron chi connectivity index (χ1n) is 8.28. The van der Waals surface area contributed by atoms with Crippen molar-refractivity contribution >= 4 is 18.2 Å². The molecular formula is C20H20N2O5. The molecule has 0 fully saturated rings. The number of ether oxygens (including phenoxy) is 4. The van der Waals surface area contributed by atoms with Crippen LogP contribution in [0.25, 0.3) is 6.08 Å². The van der Waals surface area contributed by atoms with Crippen molar-refractivity contribution in [3.05, 3.63) is 53.6 Å². The van der Waals surface area contributed by atoms with Crippen LogP contribution in [0.1, 0.15) is 11.1 Å².